The first-order chi connectivity index (χ1) is 10.7. The average Bonchev–Trinajstić information content (AvgIpc) is 3.14. The SMILES string of the molecule is C=CCn1cc[n+](CC(=O)c2c[nH]c3c(CC)cccc23)c1.[Cl-]. The number of imidazole rings is 1. The molecule has 3 aromatic rings. The van der Waals surface area contributed by atoms with Crippen molar-refractivity contribution in [2.45, 2.75) is 26.4 Å². The smallest absolute Gasteiger partial charge is 0.244 e. The maximum Gasteiger partial charge on any atom is 0.244 e. The lowest BCUT2D eigenvalue weighted by atomic mass is 10.0. The van der Waals surface area contributed by atoms with Gasteiger partial charge in [0.2, 0.25) is 12.1 Å². The summed E-state index contributed by atoms with van der Waals surface area (Å²) in [5.74, 6) is 0.112. The number of para-hydroxylation sites is 1. The van der Waals surface area contributed by atoms with Crippen molar-refractivity contribution in [1.29, 1.82) is 0 Å². The second kappa shape index (κ2) is 7.29. The van der Waals surface area contributed by atoms with Crippen LogP contribution in [0.2, 0.25) is 0 Å². The Morgan fingerprint density at radius 1 is 1.43 bits per heavy atom. The number of aryl methyl sites for hydroxylation is 1. The van der Waals surface area contributed by atoms with Crippen LogP contribution in [0.3, 0.4) is 0 Å². The van der Waals surface area contributed by atoms with Crippen LogP contribution in [0.5, 0.6) is 0 Å². The maximum atomic E-state index is 12.6. The van der Waals surface area contributed by atoms with Crippen molar-refractivity contribution in [3.05, 3.63) is 66.9 Å². The summed E-state index contributed by atoms with van der Waals surface area (Å²) in [6.07, 6.45) is 10.4. The lowest BCUT2D eigenvalue weighted by Gasteiger charge is -2.00. The summed E-state index contributed by atoms with van der Waals surface area (Å²) in [6.45, 7) is 6.92. The molecule has 0 spiro atoms. The number of aromatic nitrogens is 3. The van der Waals surface area contributed by atoms with Crippen LogP contribution in [0.15, 0.2) is 55.8 Å². The zero-order chi connectivity index (χ0) is 15.5. The second-order valence-corrected chi connectivity index (χ2v) is 5.39. The minimum Gasteiger partial charge on any atom is -1.00 e. The van der Waals surface area contributed by atoms with Gasteiger partial charge in [-0.15, -0.1) is 0 Å². The van der Waals surface area contributed by atoms with E-state index in [1.54, 1.807) is 0 Å². The number of carbonyl (C=O) groups is 1. The molecule has 0 aliphatic rings. The Morgan fingerprint density at radius 3 is 3.00 bits per heavy atom. The molecule has 3 rings (SSSR count). The first-order valence-electron chi connectivity index (χ1n) is 7.50. The fraction of sp³-hybridized carbons (Fsp3) is 0.222. The number of hydrogen-bond acceptors (Lipinski definition) is 1. The fourth-order valence-corrected chi connectivity index (χ4v) is 2.78. The molecule has 2 aromatic heterocycles. The molecule has 0 atom stereocenters. The molecule has 120 valence electrons. The topological polar surface area (TPSA) is 41.7 Å². The molecule has 1 aromatic carbocycles. The Hall–Kier alpha value is -2.33. The number of allylic oxidation sites excluding steroid dienone is 1. The minimum atomic E-state index is 0. The molecule has 0 amide bonds. The molecule has 0 unspecified atom stereocenters. The van der Waals surface area contributed by atoms with Crippen molar-refractivity contribution >= 4 is 16.7 Å². The maximum absolute atomic E-state index is 12.6. The predicted molar refractivity (Wildman–Crippen MR) is 86.8 cm³/mol. The van der Waals surface area contributed by atoms with Crippen LogP contribution in [-0.4, -0.2) is 15.3 Å². The molecule has 5 heteroatoms. The zero-order valence-corrected chi connectivity index (χ0v) is 13.9. The van der Waals surface area contributed by atoms with E-state index in [1.165, 1.54) is 5.56 Å². The lowest BCUT2D eigenvalue weighted by molar-refractivity contribution is -0.682. The number of nitrogens with one attached hydrogen (secondary N) is 1. The van der Waals surface area contributed by atoms with Crippen LogP contribution >= 0.6 is 0 Å². The summed E-state index contributed by atoms with van der Waals surface area (Å²) in [4.78, 5) is 15.8. The number of aromatic amines is 1. The largest absolute Gasteiger partial charge is 1.00 e. The van der Waals surface area contributed by atoms with E-state index in [9.17, 15) is 4.79 Å². The number of ketones is 1. The van der Waals surface area contributed by atoms with Gasteiger partial charge in [0.1, 0.15) is 18.9 Å². The van der Waals surface area contributed by atoms with E-state index in [0.717, 1.165) is 29.4 Å². The minimum absolute atomic E-state index is 0. The Kier molecular flexibility index (Phi) is 5.40. The highest BCUT2D eigenvalue weighted by Gasteiger charge is 2.16. The summed E-state index contributed by atoms with van der Waals surface area (Å²) in [5.41, 5.74) is 3.07. The summed E-state index contributed by atoms with van der Waals surface area (Å²) >= 11 is 0. The fourth-order valence-electron chi connectivity index (χ4n) is 2.78. The molecule has 0 bridgehead atoms. The summed E-state index contributed by atoms with van der Waals surface area (Å²) in [5, 5.41) is 1.01. The lowest BCUT2D eigenvalue weighted by Crippen LogP contribution is -3.00. The van der Waals surface area contributed by atoms with Gasteiger partial charge >= 0.3 is 0 Å². The number of carbonyl (C=O) groups excluding carboxylic acids is 1. The molecule has 0 fully saturated rings. The number of hydrogen-bond donors (Lipinski definition) is 1. The van der Waals surface area contributed by atoms with Crippen molar-refractivity contribution in [1.82, 2.24) is 9.55 Å². The van der Waals surface area contributed by atoms with E-state index in [2.05, 4.69) is 24.6 Å². The molecular formula is C18H20ClN3O. The Morgan fingerprint density at radius 2 is 2.26 bits per heavy atom. The van der Waals surface area contributed by atoms with Gasteiger partial charge in [0.15, 0.2) is 6.54 Å². The quantitative estimate of drug-likeness (QED) is 0.383. The molecule has 0 saturated heterocycles. The molecule has 0 aliphatic heterocycles. The van der Waals surface area contributed by atoms with Crippen LogP contribution in [0.25, 0.3) is 10.9 Å². The summed E-state index contributed by atoms with van der Waals surface area (Å²) in [7, 11) is 0. The van der Waals surface area contributed by atoms with E-state index in [0.29, 0.717) is 6.54 Å². The van der Waals surface area contributed by atoms with Crippen LogP contribution < -0.4 is 17.0 Å². The Labute approximate surface area is 141 Å². The first kappa shape index (κ1) is 17.0. The normalized spacial score (nSPS) is 10.5. The number of nitrogens with zero attached hydrogens (tertiary/aromatic N) is 2. The van der Waals surface area contributed by atoms with E-state index in [-0.39, 0.29) is 18.2 Å². The van der Waals surface area contributed by atoms with Gasteiger partial charge < -0.3 is 17.4 Å². The summed E-state index contributed by atoms with van der Waals surface area (Å²) < 4.78 is 3.89. The van der Waals surface area contributed by atoms with Crippen LogP contribution in [0, 0.1) is 0 Å². The first-order valence-corrected chi connectivity index (χ1v) is 7.50. The highest BCUT2D eigenvalue weighted by Crippen LogP contribution is 2.22. The third-order valence-electron chi connectivity index (χ3n) is 3.90. The van der Waals surface area contributed by atoms with Gasteiger partial charge in [-0.1, -0.05) is 37.8 Å². The Bertz CT molecular complexity index is 832. The average molecular weight is 330 g/mol. The number of H-pyrrole nitrogens is 1. The van der Waals surface area contributed by atoms with Crippen molar-refractivity contribution in [3.8, 4) is 0 Å². The van der Waals surface area contributed by atoms with Crippen molar-refractivity contribution in [2.24, 2.45) is 0 Å². The van der Waals surface area contributed by atoms with E-state index >= 15 is 0 Å². The molecule has 1 N–H and O–H groups in total. The van der Waals surface area contributed by atoms with Crippen molar-refractivity contribution in [2.75, 3.05) is 0 Å². The molecule has 4 nitrogen and oxygen atoms in total. The second-order valence-electron chi connectivity index (χ2n) is 5.39. The van der Waals surface area contributed by atoms with Gasteiger partial charge in [-0.05, 0) is 12.0 Å². The van der Waals surface area contributed by atoms with Gasteiger partial charge in [0.25, 0.3) is 0 Å². The van der Waals surface area contributed by atoms with Gasteiger partial charge in [0, 0.05) is 22.7 Å². The zero-order valence-electron chi connectivity index (χ0n) is 13.1. The molecule has 0 radical (unpaired) electrons. The molecule has 2 heterocycles. The Balaban J connectivity index is 0.00000192. The highest BCUT2D eigenvalue weighted by atomic mass is 35.5. The van der Waals surface area contributed by atoms with Crippen LogP contribution in [-0.2, 0) is 19.5 Å². The van der Waals surface area contributed by atoms with Gasteiger partial charge in [0.05, 0.1) is 0 Å². The van der Waals surface area contributed by atoms with E-state index in [1.807, 2.05) is 52.3 Å². The third kappa shape index (κ3) is 3.37. The molecule has 0 saturated carbocycles. The molecular weight excluding hydrogens is 310 g/mol. The number of rotatable bonds is 6. The number of Topliss-reactive ketones (excluding diaryl/α,β-unsaturated/α-hetero) is 1. The molecule has 23 heavy (non-hydrogen) atoms. The van der Waals surface area contributed by atoms with E-state index in [4.69, 9.17) is 0 Å². The standard InChI is InChI=1S/C18H19N3O.ClH/c1-3-8-20-9-10-21(13-20)12-17(22)16-11-19-18-14(4-2)6-5-7-15(16)18;/h3,5-7,9-11,13H,1,4,8,12H2,2H3;1H. The summed E-state index contributed by atoms with van der Waals surface area (Å²) in [6, 6.07) is 6.11. The van der Waals surface area contributed by atoms with E-state index < -0.39 is 0 Å². The predicted octanol–water partition coefficient (Wildman–Crippen LogP) is -0.108. The van der Waals surface area contributed by atoms with Crippen LogP contribution in [0.1, 0.15) is 22.8 Å². The highest BCUT2D eigenvalue weighted by molar-refractivity contribution is 6.07. The number of benzene rings is 1. The van der Waals surface area contributed by atoms with Gasteiger partial charge in [-0.3, -0.25) is 4.79 Å². The van der Waals surface area contributed by atoms with Gasteiger partial charge in [-0.25, -0.2) is 9.13 Å². The third-order valence-corrected chi connectivity index (χ3v) is 3.90. The van der Waals surface area contributed by atoms with Crippen molar-refractivity contribution in [3.63, 3.8) is 0 Å². The van der Waals surface area contributed by atoms with Crippen LogP contribution in [0.4, 0.5) is 0 Å². The van der Waals surface area contributed by atoms with Crippen molar-refractivity contribution < 1.29 is 21.8 Å². The van der Waals surface area contributed by atoms with Gasteiger partial charge in [-0.2, -0.15) is 0 Å². The molecule has 0 aliphatic carbocycles. The monoisotopic (exact) mass is 329 g/mol. The number of halogens is 1. The number of fused-ring (bicyclic) bond motifs is 1.